The van der Waals surface area contributed by atoms with Crippen molar-refractivity contribution in [2.45, 2.75) is 43.3 Å². The minimum atomic E-state index is -0.0780. The number of nitrogens with one attached hydrogen (secondary N) is 1. The van der Waals surface area contributed by atoms with E-state index in [4.69, 9.17) is 0 Å². The van der Waals surface area contributed by atoms with Crippen molar-refractivity contribution >= 4 is 28.6 Å². The summed E-state index contributed by atoms with van der Waals surface area (Å²) in [6.45, 7) is 0. The number of rotatable bonds is 4. The fraction of sp³-hybridized carbons (Fsp3) is 0.471. The Morgan fingerprint density at radius 3 is 2.83 bits per heavy atom. The van der Waals surface area contributed by atoms with E-state index in [1.807, 2.05) is 18.2 Å². The second-order valence-electron chi connectivity index (χ2n) is 5.97. The van der Waals surface area contributed by atoms with Crippen LogP contribution in [0.2, 0.25) is 0 Å². The van der Waals surface area contributed by atoms with Crippen molar-refractivity contribution in [1.29, 1.82) is 0 Å². The number of carbonyl (C=O) groups is 1. The van der Waals surface area contributed by atoms with Crippen molar-refractivity contribution in [2.24, 2.45) is 7.05 Å². The number of carbonyl (C=O) groups excluding carboxylic acids is 1. The average Bonchev–Trinajstić information content (AvgIpc) is 2.58. The van der Waals surface area contributed by atoms with E-state index in [1.54, 1.807) is 13.1 Å². The highest BCUT2D eigenvalue weighted by Crippen LogP contribution is 2.19. The van der Waals surface area contributed by atoms with E-state index in [0.29, 0.717) is 22.1 Å². The van der Waals surface area contributed by atoms with E-state index in [1.165, 1.54) is 35.6 Å². The third-order valence-corrected chi connectivity index (χ3v) is 5.27. The van der Waals surface area contributed by atoms with Crippen LogP contribution in [0.15, 0.2) is 34.2 Å². The molecule has 0 atom stereocenters. The van der Waals surface area contributed by atoms with Crippen LogP contribution < -0.4 is 10.9 Å². The molecule has 1 aromatic carbocycles. The molecule has 1 heterocycles. The number of benzene rings is 1. The number of para-hydroxylation sites is 1. The molecule has 3 rings (SSSR count). The van der Waals surface area contributed by atoms with E-state index in [9.17, 15) is 9.59 Å². The molecular formula is C17H21N3O2S. The van der Waals surface area contributed by atoms with Gasteiger partial charge in [-0.2, -0.15) is 0 Å². The van der Waals surface area contributed by atoms with Crippen molar-refractivity contribution in [3.05, 3.63) is 34.6 Å². The maximum Gasteiger partial charge on any atom is 0.261 e. The van der Waals surface area contributed by atoms with Gasteiger partial charge in [-0.25, -0.2) is 4.98 Å². The van der Waals surface area contributed by atoms with Gasteiger partial charge in [0, 0.05) is 13.1 Å². The largest absolute Gasteiger partial charge is 0.353 e. The van der Waals surface area contributed by atoms with Crippen molar-refractivity contribution in [3.8, 4) is 0 Å². The van der Waals surface area contributed by atoms with Gasteiger partial charge >= 0.3 is 0 Å². The molecule has 0 spiro atoms. The number of nitrogens with zero attached hydrogens (tertiary/aromatic N) is 2. The molecule has 1 aromatic heterocycles. The number of aromatic nitrogens is 2. The SMILES string of the molecule is Cn1c(SCC(=O)NC2CCCCC2)nc2ccccc2c1=O. The van der Waals surface area contributed by atoms with Crippen LogP contribution in [-0.2, 0) is 11.8 Å². The number of fused-ring (bicyclic) bond motifs is 1. The van der Waals surface area contributed by atoms with Gasteiger partial charge in [0.2, 0.25) is 5.91 Å². The molecule has 2 aromatic rings. The Balaban J connectivity index is 1.68. The minimum absolute atomic E-state index is 0.0179. The lowest BCUT2D eigenvalue weighted by molar-refractivity contribution is -0.119. The standard InChI is InChI=1S/C17H21N3O2S/c1-20-16(22)13-9-5-6-10-14(13)19-17(20)23-11-15(21)18-12-7-3-2-4-8-12/h5-6,9-10,12H,2-4,7-8,11H2,1H3,(H,18,21). The number of amides is 1. The fourth-order valence-corrected chi connectivity index (χ4v) is 3.76. The smallest absolute Gasteiger partial charge is 0.261 e. The lowest BCUT2D eigenvalue weighted by Gasteiger charge is -2.22. The summed E-state index contributed by atoms with van der Waals surface area (Å²) >= 11 is 1.31. The molecule has 1 amide bonds. The summed E-state index contributed by atoms with van der Waals surface area (Å²) in [7, 11) is 1.70. The summed E-state index contributed by atoms with van der Waals surface area (Å²) < 4.78 is 1.51. The van der Waals surface area contributed by atoms with Gasteiger partial charge in [-0.05, 0) is 25.0 Å². The first kappa shape index (κ1) is 16.1. The van der Waals surface area contributed by atoms with Crippen LogP contribution in [0, 0.1) is 0 Å². The molecular weight excluding hydrogens is 310 g/mol. The molecule has 0 unspecified atom stereocenters. The predicted molar refractivity (Wildman–Crippen MR) is 92.7 cm³/mol. The van der Waals surface area contributed by atoms with Gasteiger partial charge in [-0.1, -0.05) is 43.2 Å². The second-order valence-corrected chi connectivity index (χ2v) is 6.91. The molecule has 23 heavy (non-hydrogen) atoms. The van der Waals surface area contributed by atoms with Crippen LogP contribution >= 0.6 is 11.8 Å². The zero-order valence-electron chi connectivity index (χ0n) is 13.2. The molecule has 122 valence electrons. The summed E-state index contributed by atoms with van der Waals surface area (Å²) in [5, 5.41) is 4.26. The van der Waals surface area contributed by atoms with E-state index in [2.05, 4.69) is 10.3 Å². The lowest BCUT2D eigenvalue weighted by Crippen LogP contribution is -2.37. The maximum atomic E-state index is 12.3. The van der Waals surface area contributed by atoms with Gasteiger partial charge in [0.1, 0.15) is 0 Å². The van der Waals surface area contributed by atoms with E-state index in [-0.39, 0.29) is 17.2 Å². The normalized spacial score (nSPS) is 15.7. The monoisotopic (exact) mass is 331 g/mol. The topological polar surface area (TPSA) is 64.0 Å². The highest BCUT2D eigenvalue weighted by atomic mass is 32.2. The lowest BCUT2D eigenvalue weighted by atomic mass is 9.95. The molecule has 0 aliphatic heterocycles. The highest BCUT2D eigenvalue weighted by Gasteiger charge is 2.16. The number of hydrogen-bond donors (Lipinski definition) is 1. The van der Waals surface area contributed by atoms with Crippen LogP contribution in [0.3, 0.4) is 0 Å². The minimum Gasteiger partial charge on any atom is -0.353 e. The summed E-state index contributed by atoms with van der Waals surface area (Å²) in [6.07, 6.45) is 5.80. The third kappa shape index (κ3) is 3.75. The van der Waals surface area contributed by atoms with Crippen LogP contribution in [0.1, 0.15) is 32.1 Å². The summed E-state index contributed by atoms with van der Waals surface area (Å²) in [4.78, 5) is 28.9. The second kappa shape index (κ2) is 7.17. The molecule has 0 radical (unpaired) electrons. The highest BCUT2D eigenvalue weighted by molar-refractivity contribution is 7.99. The maximum absolute atomic E-state index is 12.3. The van der Waals surface area contributed by atoms with Crippen molar-refractivity contribution in [3.63, 3.8) is 0 Å². The predicted octanol–water partition coefficient (Wildman–Crippen LogP) is 2.47. The molecule has 0 saturated heterocycles. The molecule has 1 aliphatic rings. The van der Waals surface area contributed by atoms with Gasteiger partial charge in [0.25, 0.3) is 5.56 Å². The Bertz CT molecular complexity index is 766. The van der Waals surface area contributed by atoms with Crippen molar-refractivity contribution in [2.75, 3.05) is 5.75 Å². The zero-order chi connectivity index (χ0) is 16.2. The first-order chi connectivity index (χ1) is 11.1. The fourth-order valence-electron chi connectivity index (χ4n) is 2.97. The average molecular weight is 331 g/mol. The molecule has 6 heteroatoms. The zero-order valence-corrected chi connectivity index (χ0v) is 14.1. The summed E-state index contributed by atoms with van der Waals surface area (Å²) in [6, 6.07) is 7.59. The van der Waals surface area contributed by atoms with Crippen LogP contribution in [-0.4, -0.2) is 27.3 Å². The molecule has 0 bridgehead atoms. The van der Waals surface area contributed by atoms with Crippen LogP contribution in [0.25, 0.3) is 10.9 Å². The Morgan fingerprint density at radius 1 is 1.30 bits per heavy atom. The van der Waals surface area contributed by atoms with Crippen molar-refractivity contribution in [1.82, 2.24) is 14.9 Å². The number of thioether (sulfide) groups is 1. The summed E-state index contributed by atoms with van der Waals surface area (Å²) in [5.74, 6) is 0.305. The first-order valence-electron chi connectivity index (χ1n) is 8.03. The van der Waals surface area contributed by atoms with Gasteiger partial charge in [0.05, 0.1) is 16.7 Å². The molecule has 1 N–H and O–H groups in total. The Morgan fingerprint density at radius 2 is 2.04 bits per heavy atom. The van der Waals surface area contributed by atoms with Gasteiger partial charge in [-0.15, -0.1) is 0 Å². The number of hydrogen-bond acceptors (Lipinski definition) is 4. The van der Waals surface area contributed by atoms with Gasteiger partial charge in [-0.3, -0.25) is 14.2 Å². The molecule has 1 aliphatic carbocycles. The Hall–Kier alpha value is -1.82. The van der Waals surface area contributed by atoms with E-state index < -0.39 is 0 Å². The van der Waals surface area contributed by atoms with E-state index in [0.717, 1.165) is 12.8 Å². The first-order valence-corrected chi connectivity index (χ1v) is 9.01. The third-order valence-electron chi connectivity index (χ3n) is 4.24. The van der Waals surface area contributed by atoms with Crippen molar-refractivity contribution < 1.29 is 4.79 Å². The van der Waals surface area contributed by atoms with Gasteiger partial charge in [0.15, 0.2) is 5.16 Å². The van der Waals surface area contributed by atoms with Gasteiger partial charge < -0.3 is 5.32 Å². The van der Waals surface area contributed by atoms with E-state index >= 15 is 0 Å². The molecule has 1 saturated carbocycles. The van der Waals surface area contributed by atoms with Crippen LogP contribution in [0.4, 0.5) is 0 Å². The summed E-state index contributed by atoms with van der Waals surface area (Å²) in [5.41, 5.74) is 0.594. The molecule has 5 nitrogen and oxygen atoms in total. The molecule has 1 fully saturated rings. The quantitative estimate of drug-likeness (QED) is 0.690. The Kier molecular flexibility index (Phi) is 5.00. The van der Waals surface area contributed by atoms with Crippen LogP contribution in [0.5, 0.6) is 0 Å². The Labute approximate surface area is 139 Å².